The lowest BCUT2D eigenvalue weighted by molar-refractivity contribution is 0.323. The molecule has 0 atom stereocenters. The van der Waals surface area contributed by atoms with Gasteiger partial charge in [-0.1, -0.05) is 38.1 Å². The second kappa shape index (κ2) is 13.4. The molecule has 0 spiro atoms. The Hall–Kier alpha value is -2.03. The van der Waals surface area contributed by atoms with E-state index in [0.29, 0.717) is 25.1 Å². The smallest absolute Gasteiger partial charge is 0.191 e. The van der Waals surface area contributed by atoms with Gasteiger partial charge in [0.1, 0.15) is 18.2 Å². The van der Waals surface area contributed by atoms with Crippen molar-refractivity contribution in [3.05, 3.63) is 54.2 Å². The van der Waals surface area contributed by atoms with Crippen LogP contribution in [0.1, 0.15) is 45.1 Å². The summed E-state index contributed by atoms with van der Waals surface area (Å²) in [5.41, 5.74) is 1.24. The van der Waals surface area contributed by atoms with E-state index < -0.39 is 0 Å². The molecule has 1 aliphatic heterocycles. The van der Waals surface area contributed by atoms with E-state index in [1.54, 1.807) is 0 Å². The Morgan fingerprint density at radius 2 is 1.90 bits per heavy atom. The number of hydrogen-bond acceptors (Lipinski definition) is 4. The summed E-state index contributed by atoms with van der Waals surface area (Å²) < 4.78 is 6.00. The fraction of sp³-hybridized carbons (Fsp3) is 0.500. The van der Waals surface area contributed by atoms with Gasteiger partial charge in [-0.2, -0.15) is 0 Å². The van der Waals surface area contributed by atoms with Gasteiger partial charge in [0, 0.05) is 31.9 Å². The number of hydrogen-bond donors (Lipinski definition) is 2. The van der Waals surface area contributed by atoms with Crippen LogP contribution in [0, 0.1) is 0 Å². The minimum absolute atomic E-state index is 0. The number of anilines is 1. The lowest BCUT2D eigenvalue weighted by Crippen LogP contribution is -2.49. The molecule has 1 aliphatic rings. The zero-order valence-electron chi connectivity index (χ0n) is 18.9. The molecule has 7 heteroatoms. The van der Waals surface area contributed by atoms with Crippen LogP contribution in [0.3, 0.4) is 0 Å². The first-order valence-corrected chi connectivity index (χ1v) is 11.1. The van der Waals surface area contributed by atoms with E-state index in [2.05, 4.69) is 59.5 Å². The van der Waals surface area contributed by atoms with Crippen LogP contribution in [0.5, 0.6) is 5.75 Å². The molecule has 170 valence electrons. The predicted octanol–water partition coefficient (Wildman–Crippen LogP) is 4.43. The molecule has 2 N–H and O–H groups in total. The average Bonchev–Trinajstić information content (AvgIpc) is 2.78. The van der Waals surface area contributed by atoms with Crippen molar-refractivity contribution in [1.82, 2.24) is 15.6 Å². The summed E-state index contributed by atoms with van der Waals surface area (Å²) in [5, 5.41) is 6.95. The highest BCUT2D eigenvalue weighted by Gasteiger charge is 2.20. The first-order valence-electron chi connectivity index (χ1n) is 11.1. The number of aromatic nitrogens is 1. The summed E-state index contributed by atoms with van der Waals surface area (Å²) in [4.78, 5) is 11.5. The maximum Gasteiger partial charge on any atom is 0.191 e. The zero-order valence-corrected chi connectivity index (χ0v) is 21.2. The van der Waals surface area contributed by atoms with Crippen molar-refractivity contribution in [3.63, 3.8) is 0 Å². The first-order chi connectivity index (χ1) is 14.7. The van der Waals surface area contributed by atoms with E-state index in [4.69, 9.17) is 9.73 Å². The zero-order chi connectivity index (χ0) is 21.2. The summed E-state index contributed by atoms with van der Waals surface area (Å²) in [6.45, 7) is 10.5. The van der Waals surface area contributed by atoms with Crippen molar-refractivity contribution in [3.8, 4) is 5.75 Å². The van der Waals surface area contributed by atoms with Gasteiger partial charge in [-0.3, -0.25) is 0 Å². The molecule has 0 saturated carbocycles. The Kier molecular flexibility index (Phi) is 10.9. The van der Waals surface area contributed by atoms with E-state index in [-0.39, 0.29) is 24.0 Å². The van der Waals surface area contributed by atoms with Crippen LogP contribution in [0.2, 0.25) is 0 Å². The molecule has 31 heavy (non-hydrogen) atoms. The van der Waals surface area contributed by atoms with Gasteiger partial charge in [-0.25, -0.2) is 9.98 Å². The Morgan fingerprint density at radius 3 is 2.58 bits per heavy atom. The Balaban J connectivity index is 0.00000341. The highest BCUT2D eigenvalue weighted by atomic mass is 127. The number of guanidine groups is 1. The lowest BCUT2D eigenvalue weighted by atomic mass is 10.0. The normalized spacial score (nSPS) is 14.8. The van der Waals surface area contributed by atoms with E-state index in [0.717, 1.165) is 50.0 Å². The maximum absolute atomic E-state index is 6.00. The summed E-state index contributed by atoms with van der Waals surface area (Å²) in [5.74, 6) is 3.34. The highest BCUT2D eigenvalue weighted by Crippen LogP contribution is 2.25. The van der Waals surface area contributed by atoms with Crippen molar-refractivity contribution in [2.45, 2.75) is 45.6 Å². The van der Waals surface area contributed by atoms with Gasteiger partial charge >= 0.3 is 0 Å². The van der Waals surface area contributed by atoms with E-state index in [9.17, 15) is 0 Å². The summed E-state index contributed by atoms with van der Waals surface area (Å²) in [7, 11) is 0. The SMILES string of the molecule is CCNC(=NCCOc1ccccc1C(C)C)NC1CCN(c2ccccn2)CC1.I. The molecule has 0 bridgehead atoms. The third-order valence-corrected chi connectivity index (χ3v) is 5.31. The molecule has 2 heterocycles. The first kappa shape index (κ1) is 25.2. The van der Waals surface area contributed by atoms with Crippen LogP contribution in [0.25, 0.3) is 0 Å². The van der Waals surface area contributed by atoms with Gasteiger partial charge in [-0.05, 0) is 49.4 Å². The number of aliphatic imine (C=N–C) groups is 1. The van der Waals surface area contributed by atoms with Gasteiger partial charge < -0.3 is 20.3 Å². The van der Waals surface area contributed by atoms with Gasteiger partial charge in [0.15, 0.2) is 5.96 Å². The number of benzene rings is 1. The molecule has 0 aliphatic carbocycles. The minimum Gasteiger partial charge on any atom is -0.491 e. The van der Waals surface area contributed by atoms with Crippen molar-refractivity contribution in [2.75, 3.05) is 37.7 Å². The number of rotatable bonds is 8. The molecular weight excluding hydrogens is 501 g/mol. The largest absolute Gasteiger partial charge is 0.491 e. The van der Waals surface area contributed by atoms with Gasteiger partial charge in [-0.15, -0.1) is 24.0 Å². The third-order valence-electron chi connectivity index (χ3n) is 5.31. The molecule has 1 aromatic carbocycles. The quantitative estimate of drug-likeness (QED) is 0.226. The molecule has 1 aromatic heterocycles. The van der Waals surface area contributed by atoms with Crippen LogP contribution >= 0.6 is 24.0 Å². The van der Waals surface area contributed by atoms with Crippen LogP contribution in [-0.2, 0) is 0 Å². The maximum atomic E-state index is 6.00. The van der Waals surface area contributed by atoms with Crippen LogP contribution < -0.4 is 20.3 Å². The average molecular weight is 537 g/mol. The third kappa shape index (κ3) is 7.87. The fourth-order valence-electron chi connectivity index (χ4n) is 3.71. The van der Waals surface area contributed by atoms with Gasteiger partial charge in [0.05, 0.1) is 6.54 Å². The Bertz CT molecular complexity index is 792. The number of piperidine rings is 1. The summed E-state index contributed by atoms with van der Waals surface area (Å²) in [6.07, 6.45) is 4.00. The standard InChI is InChI=1S/C24H35N5O.HI/c1-4-25-24(27-15-18-30-22-10-6-5-9-21(22)19(2)3)28-20-12-16-29(17-13-20)23-11-7-8-14-26-23;/h5-11,14,19-20H,4,12-13,15-18H2,1-3H3,(H2,25,27,28);1H. The highest BCUT2D eigenvalue weighted by molar-refractivity contribution is 14.0. The molecule has 2 aromatic rings. The topological polar surface area (TPSA) is 61.8 Å². The number of nitrogens with zero attached hydrogens (tertiary/aromatic N) is 3. The number of halogens is 1. The number of nitrogens with one attached hydrogen (secondary N) is 2. The minimum atomic E-state index is 0. The van der Waals surface area contributed by atoms with Crippen LogP contribution in [-0.4, -0.2) is 49.8 Å². The second-order valence-electron chi connectivity index (χ2n) is 7.90. The molecule has 0 unspecified atom stereocenters. The van der Waals surface area contributed by atoms with Gasteiger partial charge in [0.2, 0.25) is 0 Å². The van der Waals surface area contributed by atoms with Crippen LogP contribution in [0.15, 0.2) is 53.7 Å². The number of pyridine rings is 1. The molecular formula is C24H36IN5O. The van der Waals surface area contributed by atoms with Gasteiger partial charge in [0.25, 0.3) is 0 Å². The monoisotopic (exact) mass is 537 g/mol. The van der Waals surface area contributed by atoms with E-state index in [1.807, 2.05) is 30.5 Å². The van der Waals surface area contributed by atoms with Crippen molar-refractivity contribution < 1.29 is 4.74 Å². The number of ether oxygens (including phenoxy) is 1. The molecule has 6 nitrogen and oxygen atoms in total. The molecule has 0 amide bonds. The summed E-state index contributed by atoms with van der Waals surface area (Å²) >= 11 is 0. The van der Waals surface area contributed by atoms with E-state index in [1.165, 1.54) is 5.56 Å². The fourth-order valence-corrected chi connectivity index (χ4v) is 3.71. The van der Waals surface area contributed by atoms with Crippen molar-refractivity contribution in [2.24, 2.45) is 4.99 Å². The molecule has 1 fully saturated rings. The lowest BCUT2D eigenvalue weighted by Gasteiger charge is -2.33. The van der Waals surface area contributed by atoms with E-state index >= 15 is 0 Å². The second-order valence-corrected chi connectivity index (χ2v) is 7.90. The van der Waals surface area contributed by atoms with Crippen molar-refractivity contribution in [1.29, 1.82) is 0 Å². The predicted molar refractivity (Wildman–Crippen MR) is 140 cm³/mol. The molecule has 3 rings (SSSR count). The molecule has 1 saturated heterocycles. The van der Waals surface area contributed by atoms with Crippen LogP contribution in [0.4, 0.5) is 5.82 Å². The van der Waals surface area contributed by atoms with Crippen molar-refractivity contribution >= 4 is 35.8 Å². The summed E-state index contributed by atoms with van der Waals surface area (Å²) in [6, 6.07) is 14.8. The molecule has 0 radical (unpaired) electrons. The Morgan fingerprint density at radius 1 is 1.16 bits per heavy atom. The number of para-hydroxylation sites is 1. The Labute approximate surface area is 203 Å².